The molecule has 0 saturated carbocycles. The summed E-state index contributed by atoms with van der Waals surface area (Å²) in [6.45, 7) is 1.31. The summed E-state index contributed by atoms with van der Waals surface area (Å²) in [5.41, 5.74) is 7.10. The Labute approximate surface area is 179 Å². The van der Waals surface area contributed by atoms with Crippen LogP contribution in [0.4, 0.5) is 0 Å². The number of ether oxygens (including phenoxy) is 3. The standard InChI is InChI=1S/C24H22N4O3/c1-29-19-4-2-16(3-5-19)21-22(17-7-10-25-11-8-17)27-28-20-6-9-24(30-12-13-31-24)14-18(20)15-26-23(21)28/h2-5,7-8,10-11,15H,6,9,12-14H2,1H3. The molecule has 1 aliphatic heterocycles. The van der Waals surface area contributed by atoms with Crippen LogP contribution in [-0.2, 0) is 22.3 Å². The molecule has 0 unspecified atom stereocenters. The Morgan fingerprint density at radius 2 is 1.77 bits per heavy atom. The highest BCUT2D eigenvalue weighted by Crippen LogP contribution is 2.39. The maximum Gasteiger partial charge on any atom is 0.172 e. The van der Waals surface area contributed by atoms with Crippen LogP contribution >= 0.6 is 0 Å². The number of rotatable bonds is 3. The molecule has 1 fully saturated rings. The predicted octanol–water partition coefficient (Wildman–Crippen LogP) is 3.70. The van der Waals surface area contributed by atoms with E-state index in [0.717, 1.165) is 52.2 Å². The van der Waals surface area contributed by atoms with Gasteiger partial charge in [0, 0.05) is 42.7 Å². The van der Waals surface area contributed by atoms with Crippen LogP contribution in [0.2, 0.25) is 0 Å². The quantitative estimate of drug-likeness (QED) is 0.509. The van der Waals surface area contributed by atoms with E-state index in [2.05, 4.69) is 17.1 Å². The van der Waals surface area contributed by atoms with Crippen molar-refractivity contribution < 1.29 is 14.2 Å². The summed E-state index contributed by atoms with van der Waals surface area (Å²) in [7, 11) is 1.67. The lowest BCUT2D eigenvalue weighted by atomic mass is 9.91. The van der Waals surface area contributed by atoms with E-state index < -0.39 is 5.79 Å². The number of aryl methyl sites for hydroxylation is 1. The van der Waals surface area contributed by atoms with Crippen LogP contribution < -0.4 is 4.74 Å². The van der Waals surface area contributed by atoms with Gasteiger partial charge in [0.15, 0.2) is 11.4 Å². The van der Waals surface area contributed by atoms with Gasteiger partial charge in [-0.3, -0.25) is 4.98 Å². The molecule has 3 aromatic heterocycles. The first-order valence-corrected chi connectivity index (χ1v) is 10.5. The van der Waals surface area contributed by atoms with Gasteiger partial charge in [-0.15, -0.1) is 0 Å². The van der Waals surface area contributed by atoms with Crippen molar-refractivity contribution >= 4 is 5.65 Å². The van der Waals surface area contributed by atoms with Crippen LogP contribution in [0.15, 0.2) is 55.0 Å². The lowest BCUT2D eigenvalue weighted by molar-refractivity contribution is -0.164. The van der Waals surface area contributed by atoms with Crippen molar-refractivity contribution in [1.29, 1.82) is 0 Å². The number of aromatic nitrogens is 4. The van der Waals surface area contributed by atoms with Gasteiger partial charge in [0.25, 0.3) is 0 Å². The smallest absolute Gasteiger partial charge is 0.172 e. The summed E-state index contributed by atoms with van der Waals surface area (Å²) in [5.74, 6) is 0.320. The molecule has 2 aliphatic rings. The van der Waals surface area contributed by atoms with E-state index in [0.29, 0.717) is 19.6 Å². The lowest BCUT2D eigenvalue weighted by Gasteiger charge is -2.32. The Kier molecular flexibility index (Phi) is 4.26. The molecule has 1 aromatic carbocycles. The summed E-state index contributed by atoms with van der Waals surface area (Å²) < 4.78 is 19.2. The number of methoxy groups -OCH3 is 1. The van der Waals surface area contributed by atoms with Gasteiger partial charge in [-0.2, -0.15) is 5.10 Å². The van der Waals surface area contributed by atoms with Gasteiger partial charge in [0.2, 0.25) is 0 Å². The third kappa shape index (κ3) is 3.00. The molecule has 0 radical (unpaired) electrons. The van der Waals surface area contributed by atoms with Gasteiger partial charge in [0.05, 0.1) is 25.9 Å². The minimum Gasteiger partial charge on any atom is -0.497 e. The average molecular weight is 414 g/mol. The van der Waals surface area contributed by atoms with Crippen molar-refractivity contribution in [2.24, 2.45) is 0 Å². The molecule has 31 heavy (non-hydrogen) atoms. The Hall–Kier alpha value is -3.29. The van der Waals surface area contributed by atoms with Crippen LogP contribution in [0.3, 0.4) is 0 Å². The minimum absolute atomic E-state index is 0.498. The number of pyridine rings is 1. The molecule has 0 bridgehead atoms. The number of nitrogens with zero attached hydrogens (tertiary/aromatic N) is 4. The van der Waals surface area contributed by atoms with Gasteiger partial charge in [-0.1, -0.05) is 12.1 Å². The van der Waals surface area contributed by atoms with Gasteiger partial charge in [-0.05, 0) is 41.8 Å². The van der Waals surface area contributed by atoms with Crippen LogP contribution in [0.25, 0.3) is 28.0 Å². The first-order chi connectivity index (χ1) is 15.3. The number of hydrogen-bond donors (Lipinski definition) is 0. The molecule has 0 atom stereocenters. The third-order valence-corrected chi connectivity index (χ3v) is 6.18. The monoisotopic (exact) mass is 414 g/mol. The number of hydrogen-bond acceptors (Lipinski definition) is 6. The minimum atomic E-state index is -0.498. The topological polar surface area (TPSA) is 70.8 Å². The zero-order valence-corrected chi connectivity index (χ0v) is 17.2. The fourth-order valence-electron chi connectivity index (χ4n) is 4.65. The molecule has 4 heterocycles. The molecule has 156 valence electrons. The van der Waals surface area contributed by atoms with E-state index in [4.69, 9.17) is 24.3 Å². The number of benzene rings is 1. The van der Waals surface area contributed by atoms with Crippen molar-refractivity contribution in [2.75, 3.05) is 20.3 Å². The number of fused-ring (bicyclic) bond motifs is 3. The highest BCUT2D eigenvalue weighted by atomic mass is 16.7. The molecule has 7 heteroatoms. The zero-order chi connectivity index (χ0) is 20.8. The fourth-order valence-corrected chi connectivity index (χ4v) is 4.65. The van der Waals surface area contributed by atoms with Gasteiger partial charge >= 0.3 is 0 Å². The van der Waals surface area contributed by atoms with E-state index in [1.807, 2.05) is 35.0 Å². The second-order valence-electron chi connectivity index (χ2n) is 7.94. The molecule has 0 N–H and O–H groups in total. The first kappa shape index (κ1) is 18.5. The lowest BCUT2D eigenvalue weighted by Crippen LogP contribution is -2.37. The van der Waals surface area contributed by atoms with Crippen molar-refractivity contribution in [3.05, 3.63) is 66.2 Å². The van der Waals surface area contributed by atoms with Crippen molar-refractivity contribution in [2.45, 2.75) is 25.0 Å². The largest absolute Gasteiger partial charge is 0.497 e. The predicted molar refractivity (Wildman–Crippen MR) is 115 cm³/mol. The van der Waals surface area contributed by atoms with Gasteiger partial charge < -0.3 is 14.2 Å². The highest BCUT2D eigenvalue weighted by molar-refractivity contribution is 5.90. The SMILES string of the molecule is COc1ccc(-c2c(-c3ccncc3)nn3c4c(cnc23)CC2(CC4)OCCO2)cc1. The summed E-state index contributed by atoms with van der Waals surface area (Å²) in [6, 6.07) is 12.0. The Morgan fingerprint density at radius 3 is 2.52 bits per heavy atom. The molecule has 6 rings (SSSR count). The molecule has 1 spiro atoms. The Morgan fingerprint density at radius 1 is 1.00 bits per heavy atom. The maximum absolute atomic E-state index is 5.94. The summed E-state index contributed by atoms with van der Waals surface area (Å²) in [4.78, 5) is 9.02. The molecule has 1 aliphatic carbocycles. The van der Waals surface area contributed by atoms with E-state index in [1.165, 1.54) is 5.69 Å². The highest BCUT2D eigenvalue weighted by Gasteiger charge is 2.41. The molecular weight excluding hydrogens is 392 g/mol. The summed E-state index contributed by atoms with van der Waals surface area (Å²) in [6.07, 6.45) is 7.89. The molecule has 4 aromatic rings. The van der Waals surface area contributed by atoms with E-state index >= 15 is 0 Å². The van der Waals surface area contributed by atoms with Gasteiger partial charge in [0.1, 0.15) is 11.4 Å². The van der Waals surface area contributed by atoms with Crippen molar-refractivity contribution in [3.8, 4) is 28.1 Å². The average Bonchev–Trinajstić information content (AvgIpc) is 3.44. The van der Waals surface area contributed by atoms with Crippen LogP contribution in [0.5, 0.6) is 5.75 Å². The summed E-state index contributed by atoms with van der Waals surface area (Å²) in [5, 5.41) is 5.04. The van der Waals surface area contributed by atoms with Crippen molar-refractivity contribution in [1.82, 2.24) is 19.6 Å². The third-order valence-electron chi connectivity index (χ3n) is 6.18. The normalized spacial score (nSPS) is 17.2. The maximum atomic E-state index is 5.94. The zero-order valence-electron chi connectivity index (χ0n) is 17.2. The molecular formula is C24H22N4O3. The van der Waals surface area contributed by atoms with E-state index in [1.54, 1.807) is 19.5 Å². The Balaban J connectivity index is 1.55. The van der Waals surface area contributed by atoms with E-state index in [-0.39, 0.29) is 0 Å². The first-order valence-electron chi connectivity index (χ1n) is 10.5. The second-order valence-corrected chi connectivity index (χ2v) is 7.94. The molecule has 0 amide bonds. The fraction of sp³-hybridized carbons (Fsp3) is 0.292. The van der Waals surface area contributed by atoms with Crippen molar-refractivity contribution in [3.63, 3.8) is 0 Å². The van der Waals surface area contributed by atoms with Gasteiger partial charge in [-0.25, -0.2) is 9.50 Å². The molecule has 1 saturated heterocycles. The molecule has 7 nitrogen and oxygen atoms in total. The Bertz CT molecular complexity index is 1250. The van der Waals surface area contributed by atoms with Crippen LogP contribution in [0.1, 0.15) is 17.7 Å². The van der Waals surface area contributed by atoms with Crippen LogP contribution in [0, 0.1) is 0 Å². The van der Waals surface area contributed by atoms with Crippen LogP contribution in [-0.4, -0.2) is 45.7 Å². The summed E-state index contributed by atoms with van der Waals surface area (Å²) >= 11 is 0. The van der Waals surface area contributed by atoms with E-state index in [9.17, 15) is 0 Å². The second kappa shape index (κ2) is 7.14.